The van der Waals surface area contributed by atoms with Gasteiger partial charge in [0, 0.05) is 38.5 Å². The summed E-state index contributed by atoms with van der Waals surface area (Å²) in [6, 6.07) is -0.841. The number of likely N-dealkylation sites (N-methyl/N-ethyl adjacent to an activating group) is 1. The fourth-order valence-corrected chi connectivity index (χ4v) is 8.25. The average Bonchev–Trinajstić information content (AvgIpc) is 3.84. The average molecular weight is 828 g/mol. The summed E-state index contributed by atoms with van der Waals surface area (Å²) >= 11 is 0. The smallest absolute Gasteiger partial charge is 0.309 e. The molecule has 4 rings (SSSR count). The molecule has 0 aliphatic carbocycles. The molecule has 0 saturated carbocycles. The van der Waals surface area contributed by atoms with E-state index in [-0.39, 0.29) is 49.6 Å². The Morgan fingerprint density at radius 2 is 1.67 bits per heavy atom. The van der Waals surface area contributed by atoms with Crippen molar-refractivity contribution in [3.05, 3.63) is 12.2 Å². The number of cyclic esters (lactones) is 1. The molecular weight excluding hydrogens is 762 g/mol. The van der Waals surface area contributed by atoms with Crippen LogP contribution in [0.4, 0.5) is 0 Å². The topological polar surface area (TPSA) is 226 Å². The quantitative estimate of drug-likeness (QED) is 0.117. The third-order valence-electron chi connectivity index (χ3n) is 11.2. The van der Waals surface area contributed by atoms with E-state index in [1.54, 1.807) is 59.7 Å². The summed E-state index contributed by atoms with van der Waals surface area (Å²) in [4.78, 5) is 65.1. The van der Waals surface area contributed by atoms with E-state index < -0.39 is 115 Å². The van der Waals surface area contributed by atoms with Crippen LogP contribution >= 0.6 is 0 Å². The highest BCUT2D eigenvalue weighted by Gasteiger charge is 2.53. The molecule has 0 bridgehead atoms. The number of allylic oxidation sites excluding steroid dienone is 1. The lowest BCUT2D eigenvalue weighted by Crippen LogP contribution is -2.66. The predicted molar refractivity (Wildman–Crippen MR) is 204 cm³/mol. The lowest BCUT2D eigenvalue weighted by atomic mass is 9.83. The number of ether oxygens (including phenoxy) is 8. The van der Waals surface area contributed by atoms with Crippen molar-refractivity contribution in [1.29, 1.82) is 0 Å². The number of carbonyl (C=O) groups excluding carboxylic acids is 5. The van der Waals surface area contributed by atoms with Crippen molar-refractivity contribution in [2.75, 3.05) is 14.1 Å². The summed E-state index contributed by atoms with van der Waals surface area (Å²) in [5, 5.41) is 35.4. The molecule has 3 fully saturated rings. The van der Waals surface area contributed by atoms with E-state index in [0.717, 1.165) is 6.92 Å². The second kappa shape index (κ2) is 20.6. The van der Waals surface area contributed by atoms with Crippen molar-refractivity contribution in [2.45, 2.75) is 185 Å². The molecule has 0 radical (unpaired) electrons. The SMILES string of the molecule is CC(=O)O[C@@H]1CC(=O)O[C@H](C)C[C@@H]2O[C@@H]2/C=C/C(=O)[C@H](C)C[C@H](CC=O)[C@H](OC2OC(C)C(OC3CC(C)(O)C(OC(=O)CC(C)C)C(C)O3)C(N(C)C)C2O)[C@H]1O. The molecule has 9 unspecified atom stereocenters. The Hall–Kier alpha value is -2.87. The summed E-state index contributed by atoms with van der Waals surface area (Å²) in [5.41, 5.74) is -1.52. The van der Waals surface area contributed by atoms with Crippen LogP contribution in [0.15, 0.2) is 12.2 Å². The van der Waals surface area contributed by atoms with Gasteiger partial charge in [-0.25, -0.2) is 0 Å². The van der Waals surface area contributed by atoms with Gasteiger partial charge in [-0.15, -0.1) is 0 Å². The van der Waals surface area contributed by atoms with E-state index in [0.29, 0.717) is 12.7 Å². The van der Waals surface area contributed by atoms with Crippen molar-refractivity contribution in [3.63, 3.8) is 0 Å². The first-order valence-electron chi connectivity index (χ1n) is 20.4. The molecule has 4 aliphatic rings. The molecular formula is C41H65NO16. The predicted octanol–water partition coefficient (Wildman–Crippen LogP) is 1.78. The van der Waals surface area contributed by atoms with Crippen LogP contribution in [0.3, 0.4) is 0 Å². The standard InChI is InChI=1S/C41H65NO16/c1-20(2)15-31(46)56-39-24(6)52-33(19-41(39,8)50)57-37-23(5)53-40(36(49)34(37)42(9)10)58-38-26(13-14-43)16-21(3)27(45)11-12-28-29(55-28)17-22(4)51-32(47)18-30(35(38)48)54-25(7)44/h11-12,14,20-24,26,28-30,33-40,48-50H,13,15-19H2,1-10H3/b12-11+/t21-,22-,23?,24?,26+,28-,29+,30-,33?,34?,35+,36?,37?,38+,39?,40?,41?/m1/s1. The van der Waals surface area contributed by atoms with Crippen molar-refractivity contribution in [3.8, 4) is 0 Å². The van der Waals surface area contributed by atoms with Crippen molar-refractivity contribution in [2.24, 2.45) is 17.8 Å². The number of hydrogen-bond donors (Lipinski definition) is 3. The molecule has 17 atom stereocenters. The van der Waals surface area contributed by atoms with Gasteiger partial charge in [-0.05, 0) is 72.2 Å². The number of hydrogen-bond acceptors (Lipinski definition) is 17. The number of esters is 3. The molecule has 17 heteroatoms. The Kier molecular flexibility index (Phi) is 17.0. The monoisotopic (exact) mass is 827 g/mol. The van der Waals surface area contributed by atoms with Gasteiger partial charge in [0.1, 0.15) is 48.5 Å². The first-order chi connectivity index (χ1) is 27.1. The lowest BCUT2D eigenvalue weighted by Gasteiger charge is -2.50. The van der Waals surface area contributed by atoms with Gasteiger partial charge >= 0.3 is 17.9 Å². The Morgan fingerprint density at radius 1 is 0.983 bits per heavy atom. The Labute approximate surface area is 340 Å². The zero-order valence-electron chi connectivity index (χ0n) is 35.4. The summed E-state index contributed by atoms with van der Waals surface area (Å²) < 4.78 is 47.5. The van der Waals surface area contributed by atoms with Crippen molar-refractivity contribution >= 4 is 30.0 Å². The minimum Gasteiger partial charge on any atom is -0.462 e. The van der Waals surface area contributed by atoms with Crippen LogP contribution in [0, 0.1) is 17.8 Å². The number of rotatable bonds is 11. The van der Waals surface area contributed by atoms with Gasteiger partial charge < -0.3 is 62.9 Å². The number of aliphatic hydroxyl groups excluding tert-OH is 2. The van der Waals surface area contributed by atoms with Crippen LogP contribution in [0.1, 0.15) is 93.9 Å². The molecule has 17 nitrogen and oxygen atoms in total. The molecule has 0 aromatic heterocycles. The highest BCUT2D eigenvalue weighted by atomic mass is 16.7. The summed E-state index contributed by atoms with van der Waals surface area (Å²) in [6.07, 6.45) is -9.86. The van der Waals surface area contributed by atoms with Gasteiger partial charge in [-0.1, -0.05) is 20.8 Å². The maximum Gasteiger partial charge on any atom is 0.309 e. The van der Waals surface area contributed by atoms with Gasteiger partial charge in [0.05, 0.1) is 36.9 Å². The molecule has 4 heterocycles. The van der Waals surface area contributed by atoms with Gasteiger partial charge in [0.2, 0.25) is 0 Å². The molecule has 0 amide bonds. The maximum absolute atomic E-state index is 13.3. The minimum absolute atomic E-state index is 0.0268. The Morgan fingerprint density at radius 3 is 2.28 bits per heavy atom. The Balaban J connectivity index is 1.61. The zero-order chi connectivity index (χ0) is 43.2. The summed E-state index contributed by atoms with van der Waals surface area (Å²) in [6.45, 7) is 13.1. The number of ketones is 1. The summed E-state index contributed by atoms with van der Waals surface area (Å²) in [5.74, 6) is -3.78. The third kappa shape index (κ3) is 12.8. The van der Waals surface area contributed by atoms with E-state index in [1.165, 1.54) is 6.08 Å². The van der Waals surface area contributed by atoms with Crippen molar-refractivity contribution < 1.29 is 77.2 Å². The number of nitrogens with zero attached hydrogens (tertiary/aromatic N) is 1. The first kappa shape index (κ1) is 47.8. The number of aldehydes is 1. The van der Waals surface area contributed by atoms with Crippen LogP contribution in [0.2, 0.25) is 0 Å². The molecule has 3 N–H and O–H groups in total. The Bertz CT molecular complexity index is 1450. The highest BCUT2D eigenvalue weighted by molar-refractivity contribution is 5.91. The van der Waals surface area contributed by atoms with Crippen LogP contribution in [0.5, 0.6) is 0 Å². The lowest BCUT2D eigenvalue weighted by molar-refractivity contribution is -0.343. The molecule has 4 aliphatic heterocycles. The van der Waals surface area contributed by atoms with Gasteiger partial charge in [0.25, 0.3) is 0 Å². The molecule has 3 saturated heterocycles. The van der Waals surface area contributed by atoms with Gasteiger partial charge in [0.15, 0.2) is 24.5 Å². The van der Waals surface area contributed by atoms with E-state index in [1.807, 2.05) is 13.8 Å². The normalized spacial score (nSPS) is 42.3. The van der Waals surface area contributed by atoms with Crippen LogP contribution < -0.4 is 0 Å². The maximum atomic E-state index is 13.3. The largest absolute Gasteiger partial charge is 0.462 e. The van der Waals surface area contributed by atoms with Crippen LogP contribution in [-0.2, 0) is 61.9 Å². The van der Waals surface area contributed by atoms with Crippen LogP contribution in [-0.4, -0.2) is 156 Å². The molecule has 58 heavy (non-hydrogen) atoms. The molecule has 0 spiro atoms. The number of epoxide rings is 1. The second-order valence-electron chi connectivity index (χ2n) is 17.3. The first-order valence-corrected chi connectivity index (χ1v) is 20.4. The summed E-state index contributed by atoms with van der Waals surface area (Å²) in [7, 11) is 3.42. The van der Waals surface area contributed by atoms with E-state index in [9.17, 15) is 39.3 Å². The highest BCUT2D eigenvalue weighted by Crippen LogP contribution is 2.38. The van der Waals surface area contributed by atoms with Gasteiger partial charge in [-0.2, -0.15) is 0 Å². The second-order valence-corrected chi connectivity index (χ2v) is 17.3. The fraction of sp³-hybridized carbons (Fsp3) is 0.829. The zero-order valence-corrected chi connectivity index (χ0v) is 35.4. The van der Waals surface area contributed by atoms with E-state index in [2.05, 4.69) is 0 Å². The number of aliphatic hydroxyl groups is 3. The molecule has 0 aromatic rings. The van der Waals surface area contributed by atoms with E-state index in [4.69, 9.17) is 37.9 Å². The van der Waals surface area contributed by atoms with Gasteiger partial charge in [-0.3, -0.25) is 19.2 Å². The molecule has 330 valence electrons. The van der Waals surface area contributed by atoms with Crippen molar-refractivity contribution in [1.82, 2.24) is 4.90 Å². The van der Waals surface area contributed by atoms with E-state index >= 15 is 0 Å². The minimum atomic E-state index is -1.77. The number of carbonyl (C=O) groups is 5. The van der Waals surface area contributed by atoms with Crippen LogP contribution in [0.25, 0.3) is 0 Å². The molecule has 0 aromatic carbocycles. The third-order valence-corrected chi connectivity index (χ3v) is 11.2. The fourth-order valence-electron chi connectivity index (χ4n) is 8.25. The number of fused-ring (bicyclic) bond motifs is 1.